The molecule has 0 spiro atoms. The Balaban J connectivity index is 1.51. The van der Waals surface area contributed by atoms with Crippen LogP contribution in [0.3, 0.4) is 0 Å². The molecule has 1 aliphatic carbocycles. The molecule has 40 heavy (non-hydrogen) atoms. The molecule has 1 aliphatic rings. The molecule has 0 saturated heterocycles. The average Bonchev–Trinajstić information content (AvgIpc) is 3.64. The van der Waals surface area contributed by atoms with Crippen molar-refractivity contribution in [3.63, 3.8) is 0 Å². The van der Waals surface area contributed by atoms with E-state index >= 15 is 0 Å². The summed E-state index contributed by atoms with van der Waals surface area (Å²) in [5, 5.41) is 12.2. The van der Waals surface area contributed by atoms with E-state index in [1.165, 1.54) is 18.4 Å². The molecule has 2 aromatic heterocycles. The van der Waals surface area contributed by atoms with Crippen LogP contribution >= 0.6 is 18.7 Å². The zero-order valence-electron chi connectivity index (χ0n) is 24.0. The summed E-state index contributed by atoms with van der Waals surface area (Å²) in [4.78, 5) is 9.11. The van der Waals surface area contributed by atoms with E-state index in [1.807, 2.05) is 37.6 Å². The molecule has 0 amide bonds. The highest BCUT2D eigenvalue weighted by Crippen LogP contribution is 2.45. The van der Waals surface area contributed by atoms with Crippen molar-refractivity contribution >= 4 is 47.2 Å². The van der Waals surface area contributed by atoms with E-state index in [0.29, 0.717) is 34.1 Å². The van der Waals surface area contributed by atoms with Gasteiger partial charge in [0.05, 0.1) is 30.9 Å². The Hall–Kier alpha value is -3.35. The van der Waals surface area contributed by atoms with Crippen molar-refractivity contribution in [1.82, 2.24) is 19.7 Å². The number of nitrogens with one attached hydrogen (secondary N) is 2. The molecule has 0 atom stereocenters. The van der Waals surface area contributed by atoms with Crippen molar-refractivity contribution < 1.29 is 9.30 Å². The molecule has 8 nitrogen and oxygen atoms in total. The van der Waals surface area contributed by atoms with Gasteiger partial charge in [0.2, 0.25) is 5.95 Å². The molecule has 2 N–H and O–H groups in total. The standard InChI is InChI=1S/C30H36ClN6O2P/c1-30(2,3)22-14-26(39-5)25(13-21(22)20-15-33-37(4)17-20)35-29-32-16-23(31)28(36-29)34-24-11-10-19(18-8-9-18)12-27(24)40(6,7)38/h10-18H,8-9H2,1-7H3,(H2,32,34,35,36). The molecule has 0 unspecified atom stereocenters. The number of rotatable bonds is 8. The Morgan fingerprint density at radius 2 is 1.82 bits per heavy atom. The lowest BCUT2D eigenvalue weighted by Gasteiger charge is -2.25. The van der Waals surface area contributed by atoms with Crippen LogP contribution in [0.2, 0.25) is 5.02 Å². The number of methoxy groups -OCH3 is 1. The highest BCUT2D eigenvalue weighted by atomic mass is 35.5. The molecule has 0 bridgehead atoms. The largest absolute Gasteiger partial charge is 0.495 e. The predicted molar refractivity (Wildman–Crippen MR) is 165 cm³/mol. The first kappa shape index (κ1) is 28.2. The van der Waals surface area contributed by atoms with Crippen molar-refractivity contribution in [3.8, 4) is 16.9 Å². The molecule has 4 aromatic rings. The Labute approximate surface area is 240 Å². The Morgan fingerprint density at radius 3 is 2.42 bits per heavy atom. The first-order valence-corrected chi connectivity index (χ1v) is 16.3. The Kier molecular flexibility index (Phi) is 7.45. The maximum Gasteiger partial charge on any atom is 0.229 e. The fourth-order valence-electron chi connectivity index (χ4n) is 4.80. The van der Waals surface area contributed by atoms with E-state index < -0.39 is 7.14 Å². The number of benzene rings is 2. The smallest absolute Gasteiger partial charge is 0.229 e. The third-order valence-corrected chi connectivity index (χ3v) is 8.86. The third-order valence-electron chi connectivity index (χ3n) is 7.06. The average molecular weight is 579 g/mol. The van der Waals surface area contributed by atoms with E-state index in [-0.39, 0.29) is 5.41 Å². The lowest BCUT2D eigenvalue weighted by Crippen LogP contribution is -2.14. The minimum atomic E-state index is -2.56. The zero-order valence-corrected chi connectivity index (χ0v) is 25.7. The number of anilines is 4. The third kappa shape index (κ3) is 6.03. The van der Waals surface area contributed by atoms with E-state index in [1.54, 1.807) is 31.3 Å². The van der Waals surface area contributed by atoms with E-state index in [4.69, 9.17) is 16.3 Å². The molecule has 1 saturated carbocycles. The van der Waals surface area contributed by atoms with Gasteiger partial charge in [-0.1, -0.05) is 38.4 Å². The maximum atomic E-state index is 13.2. The van der Waals surface area contributed by atoms with E-state index in [0.717, 1.165) is 27.7 Å². The highest BCUT2D eigenvalue weighted by Gasteiger charge is 2.27. The van der Waals surface area contributed by atoms with Gasteiger partial charge in [-0.2, -0.15) is 10.1 Å². The topological polar surface area (TPSA) is 94.0 Å². The quantitative estimate of drug-likeness (QED) is 0.210. The van der Waals surface area contributed by atoms with Crippen molar-refractivity contribution in [2.75, 3.05) is 31.1 Å². The summed E-state index contributed by atoms with van der Waals surface area (Å²) >= 11 is 6.53. The molecule has 0 radical (unpaired) electrons. The second-order valence-electron chi connectivity index (χ2n) is 11.8. The van der Waals surface area contributed by atoms with Crippen molar-refractivity contribution in [2.24, 2.45) is 7.05 Å². The van der Waals surface area contributed by atoms with E-state index in [2.05, 4.69) is 58.6 Å². The lowest BCUT2D eigenvalue weighted by molar-refractivity contribution is 0.415. The summed E-state index contributed by atoms with van der Waals surface area (Å²) in [5.41, 5.74) is 5.72. The van der Waals surface area contributed by atoms with Gasteiger partial charge in [0.15, 0.2) is 5.82 Å². The zero-order chi connectivity index (χ0) is 28.8. The number of aryl methyl sites for hydroxylation is 1. The lowest BCUT2D eigenvalue weighted by atomic mass is 9.82. The molecule has 10 heteroatoms. The van der Waals surface area contributed by atoms with Gasteiger partial charge in [-0.15, -0.1) is 0 Å². The van der Waals surface area contributed by atoms with Crippen LogP contribution in [0, 0.1) is 0 Å². The van der Waals surface area contributed by atoms with Gasteiger partial charge in [-0.3, -0.25) is 4.68 Å². The molecular weight excluding hydrogens is 543 g/mol. The first-order valence-electron chi connectivity index (χ1n) is 13.3. The fourth-order valence-corrected chi connectivity index (χ4v) is 6.11. The van der Waals surface area contributed by atoms with Crippen LogP contribution in [-0.2, 0) is 17.0 Å². The summed E-state index contributed by atoms with van der Waals surface area (Å²) < 4.78 is 20.8. The summed E-state index contributed by atoms with van der Waals surface area (Å²) in [7, 11) is 0.985. The molecule has 210 valence electrons. The van der Waals surface area contributed by atoms with Crippen LogP contribution in [0.5, 0.6) is 5.75 Å². The highest BCUT2D eigenvalue weighted by molar-refractivity contribution is 7.70. The number of ether oxygens (including phenoxy) is 1. The Bertz CT molecular complexity index is 1620. The molecular formula is C30H36ClN6O2P. The van der Waals surface area contributed by atoms with Crippen LogP contribution in [-0.4, -0.2) is 40.2 Å². The van der Waals surface area contributed by atoms with Gasteiger partial charge in [0.1, 0.15) is 17.9 Å². The molecule has 5 rings (SSSR count). The minimum absolute atomic E-state index is 0.129. The van der Waals surface area contributed by atoms with Gasteiger partial charge in [-0.25, -0.2) is 4.98 Å². The number of halogens is 1. The minimum Gasteiger partial charge on any atom is -0.495 e. The van der Waals surface area contributed by atoms with Crippen LogP contribution in [0.1, 0.15) is 50.7 Å². The van der Waals surface area contributed by atoms with Gasteiger partial charge in [0, 0.05) is 24.1 Å². The summed E-state index contributed by atoms with van der Waals surface area (Å²) in [6.45, 7) is 10.1. The maximum absolute atomic E-state index is 13.2. The van der Waals surface area contributed by atoms with Crippen molar-refractivity contribution in [2.45, 2.75) is 44.9 Å². The summed E-state index contributed by atoms with van der Waals surface area (Å²) in [6, 6.07) is 10.2. The van der Waals surface area contributed by atoms with Gasteiger partial charge in [0.25, 0.3) is 0 Å². The SMILES string of the molecule is COc1cc(C(C)(C)C)c(-c2cnn(C)c2)cc1Nc1ncc(Cl)c(Nc2ccc(C3CC3)cc2P(C)(C)=O)n1. The summed E-state index contributed by atoms with van der Waals surface area (Å²) in [6.07, 6.45) is 7.76. The van der Waals surface area contributed by atoms with Gasteiger partial charge >= 0.3 is 0 Å². The Morgan fingerprint density at radius 1 is 1.07 bits per heavy atom. The molecule has 1 fully saturated rings. The number of hydrogen-bond donors (Lipinski definition) is 2. The van der Waals surface area contributed by atoms with Crippen LogP contribution < -0.4 is 20.7 Å². The molecule has 0 aliphatic heterocycles. The van der Waals surface area contributed by atoms with Crippen molar-refractivity contribution in [3.05, 3.63) is 65.1 Å². The van der Waals surface area contributed by atoms with Crippen LogP contribution in [0.15, 0.2) is 48.9 Å². The van der Waals surface area contributed by atoms with Crippen molar-refractivity contribution in [1.29, 1.82) is 0 Å². The number of hydrogen-bond acceptors (Lipinski definition) is 7. The predicted octanol–water partition coefficient (Wildman–Crippen LogP) is 7.45. The number of nitrogens with zero attached hydrogens (tertiary/aromatic N) is 4. The van der Waals surface area contributed by atoms with E-state index in [9.17, 15) is 4.57 Å². The number of aromatic nitrogens is 4. The second kappa shape index (κ2) is 10.6. The molecule has 2 heterocycles. The van der Waals surface area contributed by atoms with Crippen LogP contribution in [0.4, 0.5) is 23.1 Å². The van der Waals surface area contributed by atoms with Crippen LogP contribution in [0.25, 0.3) is 11.1 Å². The first-order chi connectivity index (χ1) is 18.8. The second-order valence-corrected chi connectivity index (χ2v) is 15.4. The normalized spacial score (nSPS) is 13.8. The summed E-state index contributed by atoms with van der Waals surface area (Å²) in [5.74, 6) is 2.00. The fraction of sp³-hybridized carbons (Fsp3) is 0.367. The van der Waals surface area contributed by atoms with Gasteiger partial charge in [-0.05, 0) is 78.5 Å². The monoisotopic (exact) mass is 578 g/mol. The molecule has 2 aromatic carbocycles. The van der Waals surface area contributed by atoms with Gasteiger partial charge < -0.3 is 19.9 Å².